The summed E-state index contributed by atoms with van der Waals surface area (Å²) in [5.41, 5.74) is 9.70. The molecule has 2 N–H and O–H groups in total. The Balaban J connectivity index is 2.60. The maximum Gasteiger partial charge on any atom is 0.131 e. The van der Waals surface area contributed by atoms with E-state index >= 15 is 0 Å². The van der Waals surface area contributed by atoms with Crippen LogP contribution in [0.1, 0.15) is 16.7 Å². The molecule has 1 heterocycles. The summed E-state index contributed by atoms with van der Waals surface area (Å²) >= 11 is 0. The summed E-state index contributed by atoms with van der Waals surface area (Å²) in [5, 5.41) is 0. The molecule has 2 nitrogen and oxygen atoms in total. The number of nitrogens with zero attached hydrogens (tertiary/aromatic N) is 1. The van der Waals surface area contributed by atoms with E-state index in [0.717, 1.165) is 22.3 Å². The van der Waals surface area contributed by atoms with Gasteiger partial charge in [0.25, 0.3) is 0 Å². The lowest BCUT2D eigenvalue weighted by Crippen LogP contribution is -1.98. The largest absolute Gasteiger partial charge is 0.326 e. The van der Waals surface area contributed by atoms with Crippen molar-refractivity contribution < 1.29 is 4.39 Å². The van der Waals surface area contributed by atoms with Crippen LogP contribution in [0.15, 0.2) is 30.6 Å². The van der Waals surface area contributed by atoms with Crippen LogP contribution in [0.2, 0.25) is 0 Å². The lowest BCUT2D eigenvalue weighted by atomic mass is 9.98. The van der Waals surface area contributed by atoms with E-state index in [1.54, 1.807) is 12.4 Å². The lowest BCUT2D eigenvalue weighted by molar-refractivity contribution is 0.629. The molecule has 1 aromatic carbocycles. The van der Waals surface area contributed by atoms with E-state index < -0.39 is 0 Å². The average molecular weight is 230 g/mol. The molecule has 0 aliphatic heterocycles. The van der Waals surface area contributed by atoms with Crippen molar-refractivity contribution in [3.05, 3.63) is 53.1 Å². The Labute approximate surface area is 100 Å². The van der Waals surface area contributed by atoms with Gasteiger partial charge in [0.05, 0.1) is 0 Å². The standard InChI is InChI=1S/C14H15FN2/c1-9-3-10(2)14(13(15)4-9)12-5-11(6-16)7-17-8-12/h3-5,7-8H,6,16H2,1-2H3. The summed E-state index contributed by atoms with van der Waals surface area (Å²) in [6.45, 7) is 4.20. The molecular weight excluding hydrogens is 215 g/mol. The summed E-state index contributed by atoms with van der Waals surface area (Å²) in [6, 6.07) is 5.39. The normalized spacial score (nSPS) is 10.6. The number of hydrogen-bond donors (Lipinski definition) is 1. The number of hydrogen-bond acceptors (Lipinski definition) is 2. The number of rotatable bonds is 2. The van der Waals surface area contributed by atoms with E-state index in [1.807, 2.05) is 26.0 Å². The summed E-state index contributed by atoms with van der Waals surface area (Å²) in [5.74, 6) is -0.210. The van der Waals surface area contributed by atoms with E-state index in [-0.39, 0.29) is 5.82 Å². The minimum absolute atomic E-state index is 0.210. The topological polar surface area (TPSA) is 38.9 Å². The zero-order chi connectivity index (χ0) is 12.4. The molecule has 0 bridgehead atoms. The first kappa shape index (κ1) is 11.7. The molecule has 0 saturated heterocycles. The molecule has 2 rings (SSSR count). The molecule has 0 fully saturated rings. The van der Waals surface area contributed by atoms with Gasteiger partial charge < -0.3 is 5.73 Å². The lowest BCUT2D eigenvalue weighted by Gasteiger charge is -2.09. The molecule has 0 saturated carbocycles. The third-order valence-corrected chi connectivity index (χ3v) is 2.75. The highest BCUT2D eigenvalue weighted by Crippen LogP contribution is 2.27. The van der Waals surface area contributed by atoms with Gasteiger partial charge >= 0.3 is 0 Å². The van der Waals surface area contributed by atoms with Crippen LogP contribution in [-0.4, -0.2) is 4.98 Å². The van der Waals surface area contributed by atoms with Crippen LogP contribution >= 0.6 is 0 Å². The monoisotopic (exact) mass is 230 g/mol. The van der Waals surface area contributed by atoms with Crippen molar-refractivity contribution in [2.45, 2.75) is 20.4 Å². The summed E-state index contributed by atoms with van der Waals surface area (Å²) in [4.78, 5) is 4.09. The molecule has 0 atom stereocenters. The van der Waals surface area contributed by atoms with Crippen LogP contribution in [0.5, 0.6) is 0 Å². The van der Waals surface area contributed by atoms with Crippen molar-refractivity contribution >= 4 is 0 Å². The molecular formula is C14H15FN2. The van der Waals surface area contributed by atoms with Crippen molar-refractivity contribution in [2.75, 3.05) is 0 Å². The van der Waals surface area contributed by atoms with Gasteiger partial charge in [-0.1, -0.05) is 6.07 Å². The highest BCUT2D eigenvalue weighted by molar-refractivity contribution is 5.68. The Morgan fingerprint density at radius 3 is 2.59 bits per heavy atom. The summed E-state index contributed by atoms with van der Waals surface area (Å²) in [7, 11) is 0. The van der Waals surface area contributed by atoms with E-state index in [2.05, 4.69) is 4.98 Å². The maximum atomic E-state index is 14.0. The number of aromatic nitrogens is 1. The number of nitrogens with two attached hydrogens (primary N) is 1. The van der Waals surface area contributed by atoms with Crippen LogP contribution in [-0.2, 0) is 6.54 Å². The van der Waals surface area contributed by atoms with E-state index in [9.17, 15) is 4.39 Å². The molecule has 0 amide bonds. The van der Waals surface area contributed by atoms with Crippen molar-refractivity contribution in [3.63, 3.8) is 0 Å². The second-order valence-electron chi connectivity index (χ2n) is 4.22. The third kappa shape index (κ3) is 2.34. The molecule has 0 radical (unpaired) electrons. The summed E-state index contributed by atoms with van der Waals surface area (Å²) < 4.78 is 14.0. The van der Waals surface area contributed by atoms with Gasteiger partial charge in [0.1, 0.15) is 5.82 Å². The molecule has 3 heteroatoms. The number of aryl methyl sites for hydroxylation is 2. The minimum Gasteiger partial charge on any atom is -0.326 e. The maximum absolute atomic E-state index is 14.0. The van der Waals surface area contributed by atoms with E-state index in [4.69, 9.17) is 5.73 Å². The molecule has 0 unspecified atom stereocenters. The molecule has 0 aliphatic carbocycles. The molecule has 0 aliphatic rings. The highest BCUT2D eigenvalue weighted by atomic mass is 19.1. The van der Waals surface area contributed by atoms with E-state index in [1.165, 1.54) is 6.07 Å². The third-order valence-electron chi connectivity index (χ3n) is 2.75. The minimum atomic E-state index is -0.210. The van der Waals surface area contributed by atoms with Gasteiger partial charge in [-0.3, -0.25) is 4.98 Å². The Bertz CT molecular complexity index is 527. The first-order chi connectivity index (χ1) is 8.11. The van der Waals surface area contributed by atoms with Gasteiger partial charge in [0.2, 0.25) is 0 Å². The SMILES string of the molecule is Cc1cc(C)c(-c2cncc(CN)c2)c(F)c1. The predicted octanol–water partition coefficient (Wildman–Crippen LogP) is 2.96. The first-order valence-corrected chi connectivity index (χ1v) is 5.53. The fourth-order valence-corrected chi connectivity index (χ4v) is 2.02. The molecule has 1 aromatic heterocycles. The van der Waals surface area contributed by atoms with Crippen molar-refractivity contribution in [3.8, 4) is 11.1 Å². The van der Waals surface area contributed by atoms with Crippen LogP contribution in [0, 0.1) is 19.7 Å². The predicted molar refractivity (Wildman–Crippen MR) is 67.0 cm³/mol. The van der Waals surface area contributed by atoms with Crippen molar-refractivity contribution in [1.29, 1.82) is 0 Å². The Morgan fingerprint density at radius 1 is 1.18 bits per heavy atom. The van der Waals surface area contributed by atoms with Crippen molar-refractivity contribution in [1.82, 2.24) is 4.98 Å². The zero-order valence-electron chi connectivity index (χ0n) is 10.00. The van der Waals surface area contributed by atoms with Crippen LogP contribution in [0.4, 0.5) is 4.39 Å². The number of pyridine rings is 1. The summed E-state index contributed by atoms with van der Waals surface area (Å²) in [6.07, 6.45) is 3.37. The van der Waals surface area contributed by atoms with Gasteiger partial charge in [-0.15, -0.1) is 0 Å². The van der Waals surface area contributed by atoms with Crippen LogP contribution in [0.3, 0.4) is 0 Å². The van der Waals surface area contributed by atoms with Gasteiger partial charge in [-0.25, -0.2) is 4.39 Å². The number of benzene rings is 1. The van der Waals surface area contributed by atoms with Gasteiger partial charge in [0, 0.05) is 30.1 Å². The second-order valence-corrected chi connectivity index (χ2v) is 4.22. The van der Waals surface area contributed by atoms with Crippen molar-refractivity contribution in [2.24, 2.45) is 5.73 Å². The second kappa shape index (κ2) is 4.63. The van der Waals surface area contributed by atoms with E-state index in [0.29, 0.717) is 12.1 Å². The van der Waals surface area contributed by atoms with Gasteiger partial charge in [0.15, 0.2) is 0 Å². The van der Waals surface area contributed by atoms with Crippen LogP contribution in [0.25, 0.3) is 11.1 Å². The Morgan fingerprint density at radius 2 is 1.94 bits per heavy atom. The molecule has 2 aromatic rings. The first-order valence-electron chi connectivity index (χ1n) is 5.53. The van der Waals surface area contributed by atoms with Gasteiger partial charge in [-0.2, -0.15) is 0 Å². The molecule has 88 valence electrons. The average Bonchev–Trinajstić information content (AvgIpc) is 2.28. The molecule has 17 heavy (non-hydrogen) atoms. The zero-order valence-corrected chi connectivity index (χ0v) is 10.00. The Hall–Kier alpha value is -1.74. The molecule has 0 spiro atoms. The van der Waals surface area contributed by atoms with Crippen LogP contribution < -0.4 is 5.73 Å². The fraction of sp³-hybridized carbons (Fsp3) is 0.214. The number of halogens is 1. The smallest absolute Gasteiger partial charge is 0.131 e. The Kier molecular flexibility index (Phi) is 3.20. The fourth-order valence-electron chi connectivity index (χ4n) is 2.02. The highest BCUT2D eigenvalue weighted by Gasteiger charge is 2.10. The quantitative estimate of drug-likeness (QED) is 0.861. The van der Waals surface area contributed by atoms with Gasteiger partial charge in [-0.05, 0) is 42.7 Å².